The number of amides is 1. The van der Waals surface area contributed by atoms with E-state index < -0.39 is 29.7 Å². The molecule has 0 aliphatic carbocycles. The monoisotopic (exact) mass is 395 g/mol. The first kappa shape index (κ1) is 21.2. The third kappa shape index (κ3) is 5.21. The van der Waals surface area contributed by atoms with Crippen LogP contribution in [0.5, 0.6) is 0 Å². The first-order valence-electron chi connectivity index (χ1n) is 8.36. The number of nitrogens with zero attached hydrogens (tertiary/aromatic N) is 2. The minimum absolute atomic E-state index is 0.392. The Balaban J connectivity index is 1.94. The fourth-order valence-electron chi connectivity index (χ4n) is 2.39. The van der Waals surface area contributed by atoms with Crippen LogP contribution in [0, 0.1) is 13.8 Å². The number of halogens is 3. The summed E-state index contributed by atoms with van der Waals surface area (Å²) >= 11 is 0. The number of aryl methyl sites for hydroxylation is 2. The van der Waals surface area contributed by atoms with E-state index in [0.29, 0.717) is 16.9 Å². The zero-order valence-electron chi connectivity index (χ0n) is 15.8. The van der Waals surface area contributed by atoms with Crippen LogP contribution in [-0.4, -0.2) is 27.8 Å². The maximum absolute atomic E-state index is 12.5. The molecule has 0 radical (unpaired) electrons. The SMILES string of the molecule is Cc1nn(C)c(C)c1NC(=O)[C@@H](C)OC(=O)/C=C/c1ccc(C(F)(F)F)cc1. The number of rotatable bonds is 5. The highest BCUT2D eigenvalue weighted by atomic mass is 19.4. The zero-order chi connectivity index (χ0) is 21.1. The van der Waals surface area contributed by atoms with Gasteiger partial charge in [-0.05, 0) is 44.5 Å². The molecule has 28 heavy (non-hydrogen) atoms. The number of anilines is 1. The minimum atomic E-state index is -4.42. The minimum Gasteiger partial charge on any atom is -0.449 e. The topological polar surface area (TPSA) is 73.2 Å². The van der Waals surface area contributed by atoms with Crippen molar-refractivity contribution in [3.8, 4) is 0 Å². The van der Waals surface area contributed by atoms with Crippen molar-refractivity contribution in [2.24, 2.45) is 7.05 Å². The molecule has 0 spiro atoms. The Kier molecular flexibility index (Phi) is 6.27. The number of hydrogen-bond donors (Lipinski definition) is 1. The summed E-state index contributed by atoms with van der Waals surface area (Å²) in [7, 11) is 1.74. The highest BCUT2D eigenvalue weighted by Gasteiger charge is 2.29. The smallest absolute Gasteiger partial charge is 0.416 e. The molecule has 1 heterocycles. The van der Waals surface area contributed by atoms with Crippen molar-refractivity contribution in [1.82, 2.24) is 9.78 Å². The third-order valence-corrected chi connectivity index (χ3v) is 4.07. The molecule has 0 fully saturated rings. The van der Waals surface area contributed by atoms with E-state index in [-0.39, 0.29) is 0 Å². The van der Waals surface area contributed by atoms with E-state index in [1.807, 2.05) is 0 Å². The summed E-state index contributed by atoms with van der Waals surface area (Å²) in [6.07, 6.45) is -3.13. The molecule has 1 atom stereocenters. The van der Waals surface area contributed by atoms with Gasteiger partial charge in [-0.25, -0.2) is 4.79 Å². The first-order chi connectivity index (χ1) is 13.0. The second kappa shape index (κ2) is 8.28. The molecular formula is C19H20F3N3O3. The second-order valence-corrected chi connectivity index (χ2v) is 6.19. The number of carbonyl (C=O) groups excluding carboxylic acids is 2. The van der Waals surface area contributed by atoms with Gasteiger partial charge in [0.2, 0.25) is 0 Å². The lowest BCUT2D eigenvalue weighted by molar-refractivity contribution is -0.148. The van der Waals surface area contributed by atoms with Gasteiger partial charge in [0.05, 0.1) is 22.6 Å². The lowest BCUT2D eigenvalue weighted by atomic mass is 10.1. The third-order valence-electron chi connectivity index (χ3n) is 4.07. The highest BCUT2D eigenvalue weighted by Crippen LogP contribution is 2.29. The molecule has 0 unspecified atom stereocenters. The van der Waals surface area contributed by atoms with Gasteiger partial charge in [-0.2, -0.15) is 18.3 Å². The van der Waals surface area contributed by atoms with Crippen molar-refractivity contribution in [2.75, 3.05) is 5.32 Å². The molecule has 0 saturated heterocycles. The van der Waals surface area contributed by atoms with Crippen molar-refractivity contribution in [1.29, 1.82) is 0 Å². The molecule has 1 amide bonds. The summed E-state index contributed by atoms with van der Waals surface area (Å²) < 4.78 is 44.2. The summed E-state index contributed by atoms with van der Waals surface area (Å²) in [5.74, 6) is -1.31. The number of carbonyl (C=O) groups is 2. The number of hydrogen-bond acceptors (Lipinski definition) is 4. The van der Waals surface area contributed by atoms with Gasteiger partial charge in [0, 0.05) is 13.1 Å². The average molecular weight is 395 g/mol. The van der Waals surface area contributed by atoms with E-state index in [4.69, 9.17) is 4.74 Å². The van der Waals surface area contributed by atoms with E-state index in [9.17, 15) is 22.8 Å². The number of nitrogens with one attached hydrogen (secondary N) is 1. The summed E-state index contributed by atoms with van der Waals surface area (Å²) in [5, 5.41) is 6.85. The van der Waals surface area contributed by atoms with E-state index in [2.05, 4.69) is 10.4 Å². The van der Waals surface area contributed by atoms with E-state index in [1.54, 1.807) is 25.6 Å². The molecule has 1 aromatic carbocycles. The van der Waals surface area contributed by atoms with Crippen LogP contribution in [0.3, 0.4) is 0 Å². The van der Waals surface area contributed by atoms with Crippen molar-refractivity contribution >= 4 is 23.6 Å². The Labute approximate surface area is 160 Å². The van der Waals surface area contributed by atoms with Crippen molar-refractivity contribution < 1.29 is 27.5 Å². The van der Waals surface area contributed by atoms with Crippen LogP contribution in [-0.2, 0) is 27.5 Å². The van der Waals surface area contributed by atoms with Gasteiger partial charge in [-0.15, -0.1) is 0 Å². The van der Waals surface area contributed by atoms with Crippen LogP contribution in [0.4, 0.5) is 18.9 Å². The average Bonchev–Trinajstić information content (AvgIpc) is 2.85. The van der Waals surface area contributed by atoms with Crippen LogP contribution in [0.25, 0.3) is 6.08 Å². The molecule has 9 heteroatoms. The number of benzene rings is 1. The molecule has 150 valence electrons. The van der Waals surface area contributed by atoms with Crippen LogP contribution in [0.2, 0.25) is 0 Å². The van der Waals surface area contributed by atoms with Gasteiger partial charge in [-0.3, -0.25) is 9.48 Å². The van der Waals surface area contributed by atoms with Gasteiger partial charge in [0.25, 0.3) is 5.91 Å². The molecule has 2 rings (SSSR count). The number of alkyl halides is 3. The quantitative estimate of drug-likeness (QED) is 0.620. The Morgan fingerprint density at radius 2 is 1.82 bits per heavy atom. The molecule has 0 aliphatic heterocycles. The standard InChI is InChI=1S/C19H20F3N3O3/c1-11-17(12(2)25(4)24-11)23-18(27)13(3)28-16(26)10-7-14-5-8-15(9-6-14)19(20,21)22/h5-10,13H,1-4H3,(H,23,27)/b10-7+/t13-/m1/s1. The lowest BCUT2D eigenvalue weighted by Crippen LogP contribution is -2.29. The molecular weight excluding hydrogens is 375 g/mol. The predicted octanol–water partition coefficient (Wildman–Crippen LogP) is 3.64. The summed E-state index contributed by atoms with van der Waals surface area (Å²) in [6.45, 7) is 4.95. The Bertz CT molecular complexity index is 900. The van der Waals surface area contributed by atoms with Crippen LogP contribution >= 0.6 is 0 Å². The fraction of sp³-hybridized carbons (Fsp3) is 0.316. The van der Waals surface area contributed by atoms with Crippen LogP contribution in [0.15, 0.2) is 30.3 Å². The molecule has 0 saturated carbocycles. The molecule has 6 nitrogen and oxygen atoms in total. The summed E-state index contributed by atoms with van der Waals surface area (Å²) in [4.78, 5) is 24.1. The Morgan fingerprint density at radius 3 is 2.32 bits per heavy atom. The predicted molar refractivity (Wildman–Crippen MR) is 97.3 cm³/mol. The number of ether oxygens (including phenoxy) is 1. The molecule has 1 aromatic heterocycles. The van der Waals surface area contributed by atoms with Gasteiger partial charge in [0.15, 0.2) is 6.10 Å². The normalized spacial score (nSPS) is 12.8. The molecule has 1 N–H and O–H groups in total. The highest BCUT2D eigenvalue weighted by molar-refractivity contribution is 5.97. The van der Waals surface area contributed by atoms with E-state index in [1.165, 1.54) is 25.1 Å². The lowest BCUT2D eigenvalue weighted by Gasteiger charge is -2.12. The van der Waals surface area contributed by atoms with Gasteiger partial charge < -0.3 is 10.1 Å². The fourth-order valence-corrected chi connectivity index (χ4v) is 2.39. The number of aromatic nitrogens is 2. The van der Waals surface area contributed by atoms with Crippen molar-refractivity contribution in [2.45, 2.75) is 33.1 Å². The molecule has 2 aromatic rings. The Hall–Kier alpha value is -3.10. The van der Waals surface area contributed by atoms with Gasteiger partial charge in [-0.1, -0.05) is 12.1 Å². The second-order valence-electron chi connectivity index (χ2n) is 6.19. The maximum atomic E-state index is 12.5. The van der Waals surface area contributed by atoms with Gasteiger partial charge >= 0.3 is 12.1 Å². The zero-order valence-corrected chi connectivity index (χ0v) is 15.8. The van der Waals surface area contributed by atoms with E-state index in [0.717, 1.165) is 23.9 Å². The largest absolute Gasteiger partial charge is 0.449 e. The molecule has 0 bridgehead atoms. The molecule has 0 aliphatic rings. The van der Waals surface area contributed by atoms with Crippen LogP contribution < -0.4 is 5.32 Å². The summed E-state index contributed by atoms with van der Waals surface area (Å²) in [5.41, 5.74) is 1.55. The van der Waals surface area contributed by atoms with Crippen molar-refractivity contribution in [3.05, 3.63) is 52.9 Å². The van der Waals surface area contributed by atoms with Crippen molar-refractivity contribution in [3.63, 3.8) is 0 Å². The van der Waals surface area contributed by atoms with Gasteiger partial charge in [0.1, 0.15) is 0 Å². The first-order valence-corrected chi connectivity index (χ1v) is 8.36. The Morgan fingerprint density at radius 1 is 1.21 bits per heavy atom. The van der Waals surface area contributed by atoms with E-state index >= 15 is 0 Å². The summed E-state index contributed by atoms with van der Waals surface area (Å²) in [6, 6.07) is 4.30. The number of esters is 1. The van der Waals surface area contributed by atoms with Crippen LogP contribution in [0.1, 0.15) is 29.4 Å². The maximum Gasteiger partial charge on any atom is 0.416 e.